The lowest BCUT2D eigenvalue weighted by atomic mass is 9.89. The van der Waals surface area contributed by atoms with Gasteiger partial charge < -0.3 is 14.6 Å². The van der Waals surface area contributed by atoms with Crippen molar-refractivity contribution >= 4 is 5.97 Å². The molecule has 17 heavy (non-hydrogen) atoms. The number of phenolic OH excluding ortho intramolecular Hbond substituents is 1. The maximum Gasteiger partial charge on any atom is 0.341 e. The summed E-state index contributed by atoms with van der Waals surface area (Å²) in [7, 11) is 1.32. The lowest BCUT2D eigenvalue weighted by Crippen LogP contribution is -2.17. The van der Waals surface area contributed by atoms with E-state index in [2.05, 4.69) is 0 Å². The summed E-state index contributed by atoms with van der Waals surface area (Å²) in [6.45, 7) is 4.79. The lowest BCUT2D eigenvalue weighted by molar-refractivity contribution is 0.0595. The van der Waals surface area contributed by atoms with Crippen molar-refractivity contribution in [3.63, 3.8) is 0 Å². The minimum atomic E-state index is -0.489. The quantitative estimate of drug-likeness (QED) is 0.756. The molecule has 1 aromatic rings. The Labute approximate surface area is 100 Å². The van der Waals surface area contributed by atoms with Gasteiger partial charge in [-0.2, -0.15) is 0 Å². The predicted molar refractivity (Wildman–Crippen MR) is 62.3 cm³/mol. The number of fused-ring (bicyclic) bond motifs is 1. The molecule has 0 spiro atoms. The van der Waals surface area contributed by atoms with Gasteiger partial charge in [-0.05, 0) is 42.5 Å². The number of carbonyl (C=O) groups is 1. The van der Waals surface area contributed by atoms with Crippen LogP contribution in [-0.4, -0.2) is 24.8 Å². The molecule has 92 valence electrons. The van der Waals surface area contributed by atoms with Crippen LogP contribution < -0.4 is 0 Å². The van der Waals surface area contributed by atoms with Crippen molar-refractivity contribution in [3.8, 4) is 5.75 Å². The van der Waals surface area contributed by atoms with E-state index < -0.39 is 5.97 Å². The fraction of sp³-hybridized carbons (Fsp3) is 0.462. The highest BCUT2D eigenvalue weighted by Crippen LogP contribution is 2.35. The van der Waals surface area contributed by atoms with Gasteiger partial charge in [-0.1, -0.05) is 0 Å². The summed E-state index contributed by atoms with van der Waals surface area (Å²) in [6, 6.07) is 0. The van der Waals surface area contributed by atoms with Crippen molar-refractivity contribution in [2.24, 2.45) is 0 Å². The minimum Gasteiger partial charge on any atom is -0.507 e. The van der Waals surface area contributed by atoms with Crippen LogP contribution in [0, 0.1) is 13.8 Å². The second-order valence-corrected chi connectivity index (χ2v) is 4.22. The molecular weight excluding hydrogens is 220 g/mol. The average Bonchev–Trinajstić information content (AvgIpc) is 2.36. The Bertz CT molecular complexity index is 477. The molecule has 0 saturated carbocycles. The molecule has 0 radical (unpaired) electrons. The van der Waals surface area contributed by atoms with Gasteiger partial charge in [0.25, 0.3) is 0 Å². The van der Waals surface area contributed by atoms with Gasteiger partial charge >= 0.3 is 5.97 Å². The van der Waals surface area contributed by atoms with E-state index in [0.717, 1.165) is 23.1 Å². The lowest BCUT2D eigenvalue weighted by Gasteiger charge is -2.23. The van der Waals surface area contributed by atoms with E-state index in [4.69, 9.17) is 9.47 Å². The van der Waals surface area contributed by atoms with Gasteiger partial charge in [-0.3, -0.25) is 0 Å². The molecule has 2 rings (SSSR count). The van der Waals surface area contributed by atoms with Crippen molar-refractivity contribution in [1.29, 1.82) is 0 Å². The zero-order valence-corrected chi connectivity index (χ0v) is 10.3. The summed E-state index contributed by atoms with van der Waals surface area (Å²) in [5.41, 5.74) is 3.90. The van der Waals surface area contributed by atoms with Crippen LogP contribution in [-0.2, 0) is 22.5 Å². The van der Waals surface area contributed by atoms with Crippen LogP contribution in [0.2, 0.25) is 0 Å². The maximum absolute atomic E-state index is 11.7. The number of hydrogen-bond donors (Lipinski definition) is 1. The third kappa shape index (κ3) is 1.78. The van der Waals surface area contributed by atoms with Crippen LogP contribution in [0.4, 0.5) is 0 Å². The average molecular weight is 236 g/mol. The minimum absolute atomic E-state index is 0.0126. The Balaban J connectivity index is 2.70. The molecule has 4 heteroatoms. The monoisotopic (exact) mass is 236 g/mol. The van der Waals surface area contributed by atoms with Gasteiger partial charge in [0.15, 0.2) is 0 Å². The van der Waals surface area contributed by atoms with Crippen LogP contribution in [0.3, 0.4) is 0 Å². The maximum atomic E-state index is 11.7. The first-order valence-electron chi connectivity index (χ1n) is 5.57. The molecule has 0 amide bonds. The third-order valence-corrected chi connectivity index (χ3v) is 3.37. The summed E-state index contributed by atoms with van der Waals surface area (Å²) in [4.78, 5) is 11.7. The van der Waals surface area contributed by atoms with Crippen LogP contribution in [0.5, 0.6) is 5.75 Å². The first kappa shape index (κ1) is 11.9. The Hall–Kier alpha value is -1.55. The van der Waals surface area contributed by atoms with E-state index in [1.807, 2.05) is 6.92 Å². The van der Waals surface area contributed by atoms with Crippen LogP contribution in [0.15, 0.2) is 0 Å². The first-order chi connectivity index (χ1) is 8.07. The summed E-state index contributed by atoms with van der Waals surface area (Å²) in [5.74, 6) is -0.476. The van der Waals surface area contributed by atoms with Crippen molar-refractivity contribution in [2.75, 3.05) is 13.7 Å². The van der Waals surface area contributed by atoms with Gasteiger partial charge in [0.1, 0.15) is 11.3 Å². The molecular formula is C13H16O4. The van der Waals surface area contributed by atoms with Gasteiger partial charge in [0.2, 0.25) is 0 Å². The number of benzene rings is 1. The fourth-order valence-corrected chi connectivity index (χ4v) is 2.35. The highest BCUT2D eigenvalue weighted by Gasteiger charge is 2.25. The summed E-state index contributed by atoms with van der Waals surface area (Å²) in [5, 5.41) is 10.1. The Morgan fingerprint density at radius 1 is 1.29 bits per heavy atom. The molecule has 0 atom stereocenters. The van der Waals surface area contributed by atoms with Crippen molar-refractivity contribution < 1.29 is 19.4 Å². The van der Waals surface area contributed by atoms with E-state index >= 15 is 0 Å². The molecule has 0 aliphatic carbocycles. The largest absolute Gasteiger partial charge is 0.507 e. The second-order valence-electron chi connectivity index (χ2n) is 4.22. The molecule has 0 saturated heterocycles. The number of hydrogen-bond acceptors (Lipinski definition) is 4. The van der Waals surface area contributed by atoms with E-state index in [-0.39, 0.29) is 11.3 Å². The molecule has 0 aromatic heterocycles. The van der Waals surface area contributed by atoms with Crippen LogP contribution in [0.25, 0.3) is 0 Å². The first-order valence-corrected chi connectivity index (χ1v) is 5.57. The number of methoxy groups -OCH3 is 1. The van der Waals surface area contributed by atoms with E-state index in [1.54, 1.807) is 6.92 Å². The normalized spacial score (nSPS) is 14.3. The number of carbonyl (C=O) groups excluding carboxylic acids is 1. The number of rotatable bonds is 1. The van der Waals surface area contributed by atoms with E-state index in [0.29, 0.717) is 18.8 Å². The Morgan fingerprint density at radius 2 is 2.00 bits per heavy atom. The Morgan fingerprint density at radius 3 is 2.65 bits per heavy atom. The van der Waals surface area contributed by atoms with Crippen molar-refractivity contribution in [2.45, 2.75) is 26.9 Å². The summed E-state index contributed by atoms with van der Waals surface area (Å²) < 4.78 is 10.1. The number of ether oxygens (including phenoxy) is 2. The molecule has 1 aliphatic heterocycles. The third-order valence-electron chi connectivity index (χ3n) is 3.37. The topological polar surface area (TPSA) is 55.8 Å². The van der Waals surface area contributed by atoms with Crippen LogP contribution >= 0.6 is 0 Å². The van der Waals surface area contributed by atoms with E-state index in [9.17, 15) is 9.90 Å². The predicted octanol–water partition coefficient (Wildman–Crippen LogP) is 1.87. The highest BCUT2D eigenvalue weighted by atomic mass is 16.5. The van der Waals surface area contributed by atoms with Crippen molar-refractivity contribution in [1.82, 2.24) is 0 Å². The molecule has 0 bridgehead atoms. The summed E-state index contributed by atoms with van der Waals surface area (Å²) in [6.07, 6.45) is 0.770. The summed E-state index contributed by atoms with van der Waals surface area (Å²) >= 11 is 0. The molecule has 1 heterocycles. The molecule has 1 N–H and O–H groups in total. The Kier molecular flexibility index (Phi) is 3.07. The second kappa shape index (κ2) is 4.37. The van der Waals surface area contributed by atoms with Crippen LogP contribution in [0.1, 0.15) is 32.6 Å². The standard InChI is InChI=1S/C13H16O4/c1-7-9-4-5-17-6-10(9)8(2)12(14)11(7)13(15)16-3/h14H,4-6H2,1-3H3. The van der Waals surface area contributed by atoms with Gasteiger partial charge in [0.05, 0.1) is 20.3 Å². The van der Waals surface area contributed by atoms with Gasteiger partial charge in [-0.25, -0.2) is 4.79 Å². The zero-order valence-electron chi connectivity index (χ0n) is 10.3. The molecule has 1 aliphatic rings. The number of phenols is 1. The molecule has 0 fully saturated rings. The molecule has 0 unspecified atom stereocenters. The number of aromatic hydroxyl groups is 1. The smallest absolute Gasteiger partial charge is 0.341 e. The highest BCUT2D eigenvalue weighted by molar-refractivity contribution is 5.95. The van der Waals surface area contributed by atoms with Gasteiger partial charge in [-0.15, -0.1) is 0 Å². The van der Waals surface area contributed by atoms with Crippen molar-refractivity contribution in [3.05, 3.63) is 27.8 Å². The fourth-order valence-electron chi connectivity index (χ4n) is 2.35. The van der Waals surface area contributed by atoms with Gasteiger partial charge in [0, 0.05) is 0 Å². The molecule has 1 aromatic carbocycles. The zero-order chi connectivity index (χ0) is 12.6. The molecule has 4 nitrogen and oxygen atoms in total. The number of esters is 1. The SMILES string of the molecule is COC(=O)c1c(C)c2c(c(C)c1O)COCC2. The van der Waals surface area contributed by atoms with E-state index in [1.165, 1.54) is 7.11 Å².